The van der Waals surface area contributed by atoms with E-state index in [1.807, 2.05) is 0 Å². The summed E-state index contributed by atoms with van der Waals surface area (Å²) in [7, 11) is 0. The Morgan fingerprint density at radius 1 is 1.64 bits per heavy atom. The van der Waals surface area contributed by atoms with E-state index in [9.17, 15) is 0 Å². The van der Waals surface area contributed by atoms with Gasteiger partial charge in [-0.15, -0.1) is 11.3 Å². The lowest BCUT2D eigenvalue weighted by Gasteiger charge is -2.20. The third-order valence-corrected chi connectivity index (χ3v) is 4.17. The fourth-order valence-electron chi connectivity index (χ4n) is 2.15. The average Bonchev–Trinajstić information content (AvgIpc) is 2.51. The maximum absolute atomic E-state index is 8.96. The number of thiophene rings is 1. The Morgan fingerprint density at radius 2 is 2.43 bits per heavy atom. The summed E-state index contributed by atoms with van der Waals surface area (Å²) in [4.78, 5) is 1.36. The summed E-state index contributed by atoms with van der Waals surface area (Å²) in [6, 6.07) is 2.22. The molecule has 0 bridgehead atoms. The summed E-state index contributed by atoms with van der Waals surface area (Å²) in [5, 5.41) is 9.68. The van der Waals surface area contributed by atoms with Crippen molar-refractivity contribution in [3.63, 3.8) is 0 Å². The zero-order valence-electron chi connectivity index (χ0n) is 8.34. The Hall–Kier alpha value is -1.01. The maximum atomic E-state index is 8.96. The minimum Gasteiger partial charge on any atom is -0.389 e. The van der Waals surface area contributed by atoms with Crippen LogP contribution in [0.3, 0.4) is 0 Å². The molecule has 1 aliphatic rings. The molecule has 1 atom stereocenters. The van der Waals surface area contributed by atoms with Gasteiger partial charge in [-0.25, -0.2) is 0 Å². The summed E-state index contributed by atoms with van der Waals surface area (Å²) >= 11 is 1.62. The molecule has 1 aromatic rings. The third kappa shape index (κ3) is 1.40. The van der Waals surface area contributed by atoms with Gasteiger partial charge >= 0.3 is 0 Å². The molecule has 2 rings (SSSR count). The molecule has 3 heteroatoms. The lowest BCUT2D eigenvalue weighted by atomic mass is 9.86. The van der Waals surface area contributed by atoms with E-state index in [0.717, 1.165) is 24.3 Å². The van der Waals surface area contributed by atoms with E-state index < -0.39 is 0 Å². The first-order valence-corrected chi connectivity index (χ1v) is 5.88. The van der Waals surface area contributed by atoms with E-state index >= 15 is 0 Å². The van der Waals surface area contributed by atoms with Crippen LogP contribution in [0.4, 0.5) is 5.00 Å². The molecule has 0 fully saturated rings. The van der Waals surface area contributed by atoms with Crippen molar-refractivity contribution < 1.29 is 0 Å². The fourth-order valence-corrected chi connectivity index (χ4v) is 3.33. The van der Waals surface area contributed by atoms with Crippen LogP contribution in [0, 0.1) is 17.2 Å². The minimum absolute atomic E-state index is 0.717. The number of nitrogen functional groups attached to an aromatic ring is 1. The highest BCUT2D eigenvalue weighted by Gasteiger charge is 2.23. The van der Waals surface area contributed by atoms with E-state index in [2.05, 4.69) is 13.0 Å². The van der Waals surface area contributed by atoms with Gasteiger partial charge in [0.2, 0.25) is 0 Å². The van der Waals surface area contributed by atoms with Gasteiger partial charge in [0.05, 0.1) is 5.56 Å². The Bertz CT molecular complexity index is 387. The van der Waals surface area contributed by atoms with E-state index in [1.165, 1.54) is 23.3 Å². The van der Waals surface area contributed by atoms with E-state index in [0.29, 0.717) is 5.00 Å². The quantitative estimate of drug-likeness (QED) is 0.768. The molecule has 1 heterocycles. The van der Waals surface area contributed by atoms with Crippen LogP contribution in [-0.4, -0.2) is 0 Å². The highest BCUT2D eigenvalue weighted by molar-refractivity contribution is 7.16. The zero-order valence-corrected chi connectivity index (χ0v) is 9.16. The molecule has 0 spiro atoms. The lowest BCUT2D eigenvalue weighted by Crippen LogP contribution is -2.11. The van der Waals surface area contributed by atoms with Crippen LogP contribution < -0.4 is 5.73 Å². The predicted octanol–water partition coefficient (Wildman–Crippen LogP) is 2.72. The summed E-state index contributed by atoms with van der Waals surface area (Å²) in [6.07, 6.45) is 4.63. The molecule has 0 saturated heterocycles. The van der Waals surface area contributed by atoms with Gasteiger partial charge in [-0.3, -0.25) is 0 Å². The van der Waals surface area contributed by atoms with Crippen LogP contribution >= 0.6 is 11.3 Å². The van der Waals surface area contributed by atoms with Crippen molar-refractivity contribution in [3.8, 4) is 6.07 Å². The summed E-state index contributed by atoms with van der Waals surface area (Å²) in [5.74, 6) is 0.798. The number of nitrogens with zero attached hydrogens (tertiary/aromatic N) is 1. The van der Waals surface area contributed by atoms with Crippen LogP contribution in [0.1, 0.15) is 35.8 Å². The van der Waals surface area contributed by atoms with Crippen molar-refractivity contribution in [2.45, 2.75) is 32.6 Å². The smallest absolute Gasteiger partial charge is 0.104 e. The second-order valence-electron chi connectivity index (χ2n) is 3.87. The number of hydrogen-bond donors (Lipinski definition) is 1. The fraction of sp³-hybridized carbons (Fsp3) is 0.545. The Kier molecular flexibility index (Phi) is 2.47. The highest BCUT2D eigenvalue weighted by atomic mass is 32.1. The second kappa shape index (κ2) is 3.62. The number of anilines is 1. The second-order valence-corrected chi connectivity index (χ2v) is 5.01. The third-order valence-electron chi connectivity index (χ3n) is 3.08. The number of nitrogens with two attached hydrogens (primary N) is 1. The van der Waals surface area contributed by atoms with Crippen molar-refractivity contribution in [1.29, 1.82) is 5.26 Å². The van der Waals surface area contributed by atoms with Gasteiger partial charge in [0.1, 0.15) is 11.1 Å². The van der Waals surface area contributed by atoms with Crippen LogP contribution in [0.25, 0.3) is 0 Å². The molecule has 14 heavy (non-hydrogen) atoms. The van der Waals surface area contributed by atoms with Crippen LogP contribution in [0.2, 0.25) is 0 Å². The van der Waals surface area contributed by atoms with Gasteiger partial charge in [0.25, 0.3) is 0 Å². The number of nitriles is 1. The summed E-state index contributed by atoms with van der Waals surface area (Å²) in [6.45, 7) is 2.23. The topological polar surface area (TPSA) is 49.8 Å². The van der Waals surface area contributed by atoms with Gasteiger partial charge in [0.15, 0.2) is 0 Å². The van der Waals surface area contributed by atoms with E-state index in [4.69, 9.17) is 11.0 Å². The molecular weight excluding hydrogens is 192 g/mol. The largest absolute Gasteiger partial charge is 0.389 e. The summed E-state index contributed by atoms with van der Waals surface area (Å²) < 4.78 is 0. The molecular formula is C11H14N2S. The van der Waals surface area contributed by atoms with Crippen LogP contribution in [-0.2, 0) is 12.8 Å². The van der Waals surface area contributed by atoms with Gasteiger partial charge in [-0.1, -0.05) is 13.3 Å². The predicted molar refractivity (Wildman–Crippen MR) is 59.3 cm³/mol. The number of hydrogen-bond acceptors (Lipinski definition) is 3. The number of fused-ring (bicyclic) bond motifs is 1. The van der Waals surface area contributed by atoms with Gasteiger partial charge in [-0.2, -0.15) is 5.26 Å². The van der Waals surface area contributed by atoms with Crippen molar-refractivity contribution in [1.82, 2.24) is 0 Å². The number of rotatable bonds is 1. The normalized spacial score (nSPS) is 20.1. The first-order chi connectivity index (χ1) is 6.76. The molecule has 0 radical (unpaired) electrons. The van der Waals surface area contributed by atoms with Crippen molar-refractivity contribution in [2.75, 3.05) is 5.73 Å². The standard InChI is InChI=1S/C11H14N2S/c1-2-7-3-4-8-9(6-12)11(13)14-10(8)5-7/h7H,2-5,13H2,1H3/t7-/m0/s1. The first kappa shape index (κ1) is 9.54. The van der Waals surface area contributed by atoms with Gasteiger partial charge in [0, 0.05) is 4.88 Å². The molecule has 0 aliphatic heterocycles. The Morgan fingerprint density at radius 3 is 3.07 bits per heavy atom. The Labute approximate surface area is 88.4 Å². The van der Waals surface area contributed by atoms with E-state index in [-0.39, 0.29) is 0 Å². The molecule has 1 aliphatic carbocycles. The summed E-state index contributed by atoms with van der Waals surface area (Å²) in [5.41, 5.74) is 7.80. The van der Waals surface area contributed by atoms with Crippen molar-refractivity contribution in [3.05, 3.63) is 16.0 Å². The molecule has 1 aromatic heterocycles. The average molecular weight is 206 g/mol. The minimum atomic E-state index is 0.717. The molecule has 0 saturated carbocycles. The molecule has 2 N–H and O–H groups in total. The molecule has 2 nitrogen and oxygen atoms in total. The zero-order chi connectivity index (χ0) is 10.1. The van der Waals surface area contributed by atoms with Crippen LogP contribution in [0.5, 0.6) is 0 Å². The lowest BCUT2D eigenvalue weighted by molar-refractivity contribution is 0.450. The van der Waals surface area contributed by atoms with Crippen molar-refractivity contribution in [2.24, 2.45) is 5.92 Å². The monoisotopic (exact) mass is 206 g/mol. The SMILES string of the molecule is CC[C@H]1CCc2c(sc(N)c2C#N)C1. The Balaban J connectivity index is 2.37. The van der Waals surface area contributed by atoms with E-state index in [1.54, 1.807) is 11.3 Å². The molecule has 0 amide bonds. The molecule has 0 aromatic carbocycles. The highest BCUT2D eigenvalue weighted by Crippen LogP contribution is 2.38. The molecule has 74 valence electrons. The van der Waals surface area contributed by atoms with Crippen molar-refractivity contribution >= 4 is 16.3 Å². The molecule has 0 unspecified atom stereocenters. The first-order valence-electron chi connectivity index (χ1n) is 5.06. The van der Waals surface area contributed by atoms with Crippen LogP contribution in [0.15, 0.2) is 0 Å². The van der Waals surface area contributed by atoms with Gasteiger partial charge < -0.3 is 5.73 Å². The maximum Gasteiger partial charge on any atom is 0.104 e. The van der Waals surface area contributed by atoms with Gasteiger partial charge in [-0.05, 0) is 30.7 Å².